The molecule has 0 aliphatic rings. The highest BCUT2D eigenvalue weighted by molar-refractivity contribution is 6.33. The van der Waals surface area contributed by atoms with Crippen LogP contribution in [0, 0.1) is 11.3 Å². The minimum Gasteiger partial charge on any atom is -0.397 e. The number of nitrogen functional groups attached to an aromatic ring is 1. The molecule has 0 unspecified atom stereocenters. The van der Waals surface area contributed by atoms with E-state index in [0.29, 0.717) is 16.3 Å². The lowest BCUT2D eigenvalue weighted by Gasteiger charge is -2.12. The van der Waals surface area contributed by atoms with Gasteiger partial charge in [0.05, 0.1) is 33.5 Å². The molecule has 3 rings (SSSR count). The third-order valence-corrected chi connectivity index (χ3v) is 3.48. The van der Waals surface area contributed by atoms with E-state index in [4.69, 9.17) is 22.6 Å². The Balaban J connectivity index is 2.07. The van der Waals surface area contributed by atoms with Crippen molar-refractivity contribution < 1.29 is 0 Å². The maximum absolute atomic E-state index is 8.86. The normalized spacial score (nSPS) is 10.3. The number of nitriles is 1. The summed E-state index contributed by atoms with van der Waals surface area (Å²) in [5.74, 6) is 0. The molecule has 0 spiro atoms. The number of hydrogen-bond donors (Lipinski definition) is 2. The number of pyridine rings is 1. The molecule has 4 nitrogen and oxygen atoms in total. The number of anilines is 3. The largest absolute Gasteiger partial charge is 0.397 e. The van der Waals surface area contributed by atoms with E-state index < -0.39 is 0 Å². The van der Waals surface area contributed by atoms with E-state index in [9.17, 15) is 0 Å². The van der Waals surface area contributed by atoms with Crippen molar-refractivity contribution in [2.75, 3.05) is 11.1 Å². The zero-order chi connectivity index (χ0) is 14.8. The van der Waals surface area contributed by atoms with Crippen LogP contribution in [0.25, 0.3) is 10.9 Å². The lowest BCUT2D eigenvalue weighted by Crippen LogP contribution is -1.96. The molecule has 3 aromatic rings. The van der Waals surface area contributed by atoms with Crippen LogP contribution in [0.5, 0.6) is 0 Å². The number of benzene rings is 2. The number of fused-ring (bicyclic) bond motifs is 1. The van der Waals surface area contributed by atoms with Crippen molar-refractivity contribution in [1.29, 1.82) is 5.26 Å². The number of aromatic nitrogens is 1. The fourth-order valence-corrected chi connectivity index (χ4v) is 2.36. The van der Waals surface area contributed by atoms with Crippen molar-refractivity contribution >= 4 is 39.6 Å². The fraction of sp³-hybridized carbons (Fsp3) is 0. The van der Waals surface area contributed by atoms with Gasteiger partial charge in [-0.05, 0) is 42.5 Å². The first kappa shape index (κ1) is 13.2. The first-order valence-corrected chi connectivity index (χ1v) is 6.67. The van der Waals surface area contributed by atoms with Crippen LogP contribution in [0.2, 0.25) is 5.02 Å². The molecular formula is C16H11ClN4. The Morgan fingerprint density at radius 3 is 2.71 bits per heavy atom. The Bertz CT molecular complexity index is 868. The summed E-state index contributed by atoms with van der Waals surface area (Å²) in [7, 11) is 0. The van der Waals surface area contributed by atoms with E-state index in [1.807, 2.05) is 18.2 Å². The molecule has 0 saturated heterocycles. The number of nitrogens with zero attached hydrogens (tertiary/aromatic N) is 2. The van der Waals surface area contributed by atoms with Gasteiger partial charge in [-0.2, -0.15) is 5.26 Å². The molecule has 2 aromatic carbocycles. The Morgan fingerprint density at radius 2 is 1.95 bits per heavy atom. The second-order valence-electron chi connectivity index (χ2n) is 4.53. The Labute approximate surface area is 126 Å². The molecule has 0 amide bonds. The van der Waals surface area contributed by atoms with E-state index in [1.54, 1.807) is 30.5 Å². The average Bonchev–Trinajstić information content (AvgIpc) is 2.52. The van der Waals surface area contributed by atoms with Gasteiger partial charge in [0.2, 0.25) is 0 Å². The molecule has 0 bridgehead atoms. The lowest BCUT2D eigenvalue weighted by atomic mass is 10.1. The third kappa shape index (κ3) is 2.47. The van der Waals surface area contributed by atoms with E-state index in [2.05, 4.69) is 16.4 Å². The van der Waals surface area contributed by atoms with Crippen LogP contribution in [0.4, 0.5) is 17.1 Å². The van der Waals surface area contributed by atoms with Crippen LogP contribution in [-0.2, 0) is 0 Å². The van der Waals surface area contributed by atoms with Crippen molar-refractivity contribution in [3.63, 3.8) is 0 Å². The molecule has 5 heteroatoms. The van der Waals surface area contributed by atoms with Crippen LogP contribution in [0.3, 0.4) is 0 Å². The van der Waals surface area contributed by atoms with Crippen LogP contribution in [-0.4, -0.2) is 4.98 Å². The molecule has 21 heavy (non-hydrogen) atoms. The molecule has 0 aliphatic heterocycles. The summed E-state index contributed by atoms with van der Waals surface area (Å²) in [5, 5.41) is 13.5. The first-order chi connectivity index (χ1) is 10.2. The minimum atomic E-state index is 0.489. The van der Waals surface area contributed by atoms with Crippen LogP contribution < -0.4 is 11.1 Å². The van der Waals surface area contributed by atoms with E-state index in [-0.39, 0.29) is 0 Å². The smallest absolute Gasteiger partial charge is 0.0992 e. The van der Waals surface area contributed by atoms with Crippen molar-refractivity contribution in [3.8, 4) is 6.07 Å². The molecule has 102 valence electrons. The van der Waals surface area contributed by atoms with Gasteiger partial charge in [-0.25, -0.2) is 0 Å². The summed E-state index contributed by atoms with van der Waals surface area (Å²) in [4.78, 5) is 4.29. The fourth-order valence-electron chi connectivity index (χ4n) is 2.13. The van der Waals surface area contributed by atoms with Gasteiger partial charge in [0.15, 0.2) is 0 Å². The minimum absolute atomic E-state index is 0.489. The van der Waals surface area contributed by atoms with Gasteiger partial charge in [0, 0.05) is 17.3 Å². The third-order valence-electron chi connectivity index (χ3n) is 3.17. The molecule has 1 aromatic heterocycles. The van der Waals surface area contributed by atoms with Crippen LogP contribution in [0.15, 0.2) is 48.7 Å². The average molecular weight is 295 g/mol. The van der Waals surface area contributed by atoms with Gasteiger partial charge in [0.25, 0.3) is 0 Å². The lowest BCUT2D eigenvalue weighted by molar-refractivity contribution is 1.41. The van der Waals surface area contributed by atoms with Gasteiger partial charge in [-0.1, -0.05) is 11.6 Å². The molecule has 0 saturated carbocycles. The first-order valence-electron chi connectivity index (χ1n) is 6.29. The van der Waals surface area contributed by atoms with Gasteiger partial charge < -0.3 is 11.1 Å². The number of halogens is 1. The highest BCUT2D eigenvalue weighted by Gasteiger charge is 2.07. The van der Waals surface area contributed by atoms with Crippen molar-refractivity contribution in [2.45, 2.75) is 0 Å². The van der Waals surface area contributed by atoms with Gasteiger partial charge >= 0.3 is 0 Å². The number of hydrogen-bond acceptors (Lipinski definition) is 4. The Hall–Kier alpha value is -2.77. The Morgan fingerprint density at radius 1 is 1.14 bits per heavy atom. The summed E-state index contributed by atoms with van der Waals surface area (Å²) in [5.41, 5.74) is 9.41. The standard InChI is InChI=1S/C16H11ClN4/c17-12-8-10(9-18)3-5-15(12)21-14-6-4-13(19)16-11(14)2-1-7-20-16/h1-8,21H,19H2. The molecule has 0 aliphatic carbocycles. The highest BCUT2D eigenvalue weighted by Crippen LogP contribution is 2.32. The van der Waals surface area contributed by atoms with Crippen LogP contribution in [0.1, 0.15) is 5.56 Å². The van der Waals surface area contributed by atoms with Gasteiger partial charge in [-0.3, -0.25) is 4.98 Å². The van der Waals surface area contributed by atoms with Crippen LogP contribution >= 0.6 is 11.6 Å². The SMILES string of the molecule is N#Cc1ccc(Nc2ccc(N)c3ncccc23)c(Cl)c1. The molecule has 0 atom stereocenters. The maximum atomic E-state index is 8.86. The second-order valence-corrected chi connectivity index (χ2v) is 4.94. The summed E-state index contributed by atoms with van der Waals surface area (Å²) >= 11 is 6.19. The van der Waals surface area contributed by atoms with Crippen molar-refractivity contribution in [1.82, 2.24) is 4.98 Å². The van der Waals surface area contributed by atoms with Gasteiger partial charge in [-0.15, -0.1) is 0 Å². The van der Waals surface area contributed by atoms with E-state index >= 15 is 0 Å². The summed E-state index contributed by atoms with van der Waals surface area (Å²) in [6, 6.07) is 14.7. The zero-order valence-electron chi connectivity index (χ0n) is 11.0. The summed E-state index contributed by atoms with van der Waals surface area (Å²) in [6.45, 7) is 0. The van der Waals surface area contributed by atoms with Crippen molar-refractivity contribution in [3.05, 3.63) is 59.2 Å². The topological polar surface area (TPSA) is 74.7 Å². The number of nitrogens with two attached hydrogens (primary N) is 1. The molecule has 3 N–H and O–H groups in total. The monoisotopic (exact) mass is 294 g/mol. The number of nitrogens with one attached hydrogen (secondary N) is 1. The molecular weight excluding hydrogens is 284 g/mol. The van der Waals surface area contributed by atoms with E-state index in [1.165, 1.54) is 0 Å². The molecule has 0 fully saturated rings. The Kier molecular flexibility index (Phi) is 3.35. The van der Waals surface area contributed by atoms with E-state index in [0.717, 1.165) is 22.3 Å². The molecule has 1 heterocycles. The summed E-state index contributed by atoms with van der Waals surface area (Å²) in [6.07, 6.45) is 1.71. The summed E-state index contributed by atoms with van der Waals surface area (Å²) < 4.78 is 0. The molecule has 0 radical (unpaired) electrons. The quantitative estimate of drug-likeness (QED) is 0.698. The van der Waals surface area contributed by atoms with Gasteiger partial charge in [0.1, 0.15) is 0 Å². The predicted octanol–water partition coefficient (Wildman–Crippen LogP) is 4.09. The second kappa shape index (κ2) is 5.31. The zero-order valence-corrected chi connectivity index (χ0v) is 11.7. The predicted molar refractivity (Wildman–Crippen MR) is 85.6 cm³/mol. The number of rotatable bonds is 2. The highest BCUT2D eigenvalue weighted by atomic mass is 35.5. The van der Waals surface area contributed by atoms with Crippen molar-refractivity contribution in [2.24, 2.45) is 0 Å². The maximum Gasteiger partial charge on any atom is 0.0992 e.